The molecule has 0 saturated heterocycles. The van der Waals surface area contributed by atoms with Crippen molar-refractivity contribution < 1.29 is 4.74 Å². The quantitative estimate of drug-likeness (QED) is 0.574. The number of halogens is 1. The van der Waals surface area contributed by atoms with Gasteiger partial charge in [-0.3, -0.25) is 4.57 Å². The van der Waals surface area contributed by atoms with Crippen LogP contribution in [0, 0.1) is 6.92 Å². The van der Waals surface area contributed by atoms with Gasteiger partial charge in [-0.15, -0.1) is 0 Å². The van der Waals surface area contributed by atoms with Crippen LogP contribution in [0.1, 0.15) is 11.3 Å². The first-order chi connectivity index (χ1) is 11.2. The number of rotatable bonds is 6. The molecule has 23 heavy (non-hydrogen) atoms. The second kappa shape index (κ2) is 7.81. The van der Waals surface area contributed by atoms with Crippen LogP contribution < -0.4 is 0 Å². The summed E-state index contributed by atoms with van der Waals surface area (Å²) in [5.74, 6) is 0. The fourth-order valence-corrected chi connectivity index (χ4v) is 3.82. The van der Waals surface area contributed by atoms with E-state index in [1.807, 2.05) is 43.3 Å². The summed E-state index contributed by atoms with van der Waals surface area (Å²) in [6.07, 6.45) is 0. The van der Waals surface area contributed by atoms with Crippen molar-refractivity contribution in [3.8, 4) is 0 Å². The van der Waals surface area contributed by atoms with Crippen molar-refractivity contribution in [2.75, 3.05) is 0 Å². The number of benzene rings is 2. The fraction of sp³-hybridized carbons (Fsp3) is 0.167. The predicted molar refractivity (Wildman–Crippen MR) is 96.5 cm³/mol. The average molecular weight is 389 g/mol. The molecule has 3 nitrogen and oxygen atoms in total. The molecule has 0 N–H and O–H groups in total. The lowest BCUT2D eigenvalue weighted by Gasteiger charge is -2.11. The number of hydrogen-bond acceptors (Lipinski definition) is 3. The zero-order valence-corrected chi connectivity index (χ0v) is 15.2. The van der Waals surface area contributed by atoms with Crippen LogP contribution in [0.15, 0.2) is 75.3 Å². The molecule has 0 fully saturated rings. The topological polar surface area (TPSA) is 27.1 Å². The molecular formula is C18H17BrN2OS. The third kappa shape index (κ3) is 4.25. The summed E-state index contributed by atoms with van der Waals surface area (Å²) in [5, 5.41) is 1.09. The number of ether oxygens (including phenoxy) is 1. The third-order valence-corrected chi connectivity index (χ3v) is 5.15. The summed E-state index contributed by atoms with van der Waals surface area (Å²) in [6.45, 7) is 3.06. The van der Waals surface area contributed by atoms with Crippen LogP contribution in [0.25, 0.3) is 0 Å². The van der Waals surface area contributed by atoms with Crippen LogP contribution in [0.5, 0.6) is 0 Å². The summed E-state index contributed by atoms with van der Waals surface area (Å²) in [5.41, 5.74) is 2.16. The zero-order chi connectivity index (χ0) is 16.1. The Labute approximate surface area is 148 Å². The Hall–Kier alpha value is -1.56. The Morgan fingerprint density at radius 3 is 2.39 bits per heavy atom. The average Bonchev–Trinajstić information content (AvgIpc) is 2.84. The van der Waals surface area contributed by atoms with Gasteiger partial charge in [0.25, 0.3) is 0 Å². The highest BCUT2D eigenvalue weighted by Crippen LogP contribution is 2.32. The largest absolute Gasteiger partial charge is 0.356 e. The number of imidazole rings is 1. The molecule has 1 heterocycles. The molecule has 0 unspecified atom stereocenters. The molecule has 3 aromatic rings. The smallest absolute Gasteiger partial charge is 0.180 e. The highest BCUT2D eigenvalue weighted by atomic mass is 79.9. The maximum Gasteiger partial charge on any atom is 0.180 e. The van der Waals surface area contributed by atoms with Gasteiger partial charge in [0.2, 0.25) is 0 Å². The van der Waals surface area contributed by atoms with Crippen LogP contribution in [0.2, 0.25) is 0 Å². The molecule has 0 saturated carbocycles. The summed E-state index contributed by atoms with van der Waals surface area (Å²) >= 11 is 5.22. The van der Waals surface area contributed by atoms with Crippen LogP contribution in [0.3, 0.4) is 0 Å². The summed E-state index contributed by atoms with van der Waals surface area (Å²) in [4.78, 5) is 5.70. The molecule has 0 spiro atoms. The molecule has 0 aliphatic rings. The molecular weight excluding hydrogens is 372 g/mol. The fourth-order valence-electron chi connectivity index (χ4n) is 2.20. The first kappa shape index (κ1) is 16.3. The van der Waals surface area contributed by atoms with Crippen molar-refractivity contribution in [1.29, 1.82) is 0 Å². The minimum Gasteiger partial charge on any atom is -0.356 e. The van der Waals surface area contributed by atoms with Crippen LogP contribution in [-0.4, -0.2) is 9.55 Å². The van der Waals surface area contributed by atoms with E-state index >= 15 is 0 Å². The Morgan fingerprint density at radius 1 is 1.04 bits per heavy atom. The van der Waals surface area contributed by atoms with Crippen molar-refractivity contribution in [2.45, 2.75) is 30.2 Å². The lowest BCUT2D eigenvalue weighted by Crippen LogP contribution is -2.04. The zero-order valence-electron chi connectivity index (χ0n) is 12.8. The second-order valence-corrected chi connectivity index (χ2v) is 6.85. The molecule has 1 aromatic heterocycles. The number of aromatic nitrogens is 2. The molecule has 118 valence electrons. The van der Waals surface area contributed by atoms with Gasteiger partial charge < -0.3 is 4.74 Å². The van der Waals surface area contributed by atoms with Crippen molar-refractivity contribution in [2.24, 2.45) is 0 Å². The summed E-state index contributed by atoms with van der Waals surface area (Å²) in [6, 6.07) is 20.5. The van der Waals surface area contributed by atoms with Gasteiger partial charge in [0.1, 0.15) is 11.8 Å². The van der Waals surface area contributed by atoms with Gasteiger partial charge in [-0.25, -0.2) is 4.98 Å². The molecule has 0 aliphatic carbocycles. The Morgan fingerprint density at radius 2 is 1.70 bits per heavy atom. The van der Waals surface area contributed by atoms with Gasteiger partial charge in [-0.05, 0) is 40.5 Å². The molecule has 0 radical (unpaired) electrons. The van der Waals surface area contributed by atoms with Crippen LogP contribution in [0.4, 0.5) is 0 Å². The van der Waals surface area contributed by atoms with E-state index in [4.69, 9.17) is 4.74 Å². The van der Waals surface area contributed by atoms with Crippen LogP contribution in [-0.2, 0) is 18.1 Å². The standard InChI is InChI=1S/C18H17BrN2OS/c1-14-17(23-16-10-6-3-7-11-16)21(18(19)20-14)13-22-12-15-8-4-2-5-9-15/h2-11H,12-13H2,1H3. The first-order valence-corrected chi connectivity index (χ1v) is 8.92. The van der Waals surface area contributed by atoms with Crippen LogP contribution >= 0.6 is 27.7 Å². The van der Waals surface area contributed by atoms with E-state index in [1.165, 1.54) is 4.90 Å². The minimum absolute atomic E-state index is 0.464. The monoisotopic (exact) mass is 388 g/mol. The number of aryl methyl sites for hydroxylation is 1. The van der Waals surface area contributed by atoms with Gasteiger partial charge in [0, 0.05) is 4.90 Å². The maximum absolute atomic E-state index is 5.86. The summed E-state index contributed by atoms with van der Waals surface area (Å²) < 4.78 is 8.70. The third-order valence-electron chi connectivity index (χ3n) is 3.33. The maximum atomic E-state index is 5.86. The van der Waals surface area contributed by atoms with E-state index in [1.54, 1.807) is 11.8 Å². The molecule has 3 rings (SSSR count). The van der Waals surface area contributed by atoms with E-state index in [0.717, 1.165) is 21.0 Å². The van der Waals surface area contributed by atoms with E-state index < -0.39 is 0 Å². The highest BCUT2D eigenvalue weighted by molar-refractivity contribution is 9.10. The van der Waals surface area contributed by atoms with Gasteiger partial charge in [0.15, 0.2) is 4.73 Å². The molecule has 0 bridgehead atoms. The highest BCUT2D eigenvalue weighted by Gasteiger charge is 2.14. The van der Waals surface area contributed by atoms with E-state index in [2.05, 4.69) is 49.7 Å². The van der Waals surface area contributed by atoms with Gasteiger partial charge in [0.05, 0.1) is 12.3 Å². The van der Waals surface area contributed by atoms with Gasteiger partial charge >= 0.3 is 0 Å². The van der Waals surface area contributed by atoms with E-state index in [9.17, 15) is 0 Å². The normalized spacial score (nSPS) is 10.9. The van der Waals surface area contributed by atoms with Crippen molar-refractivity contribution in [3.05, 3.63) is 76.7 Å². The number of nitrogens with zero attached hydrogens (tertiary/aromatic N) is 2. The van der Waals surface area contributed by atoms with Crippen molar-refractivity contribution in [1.82, 2.24) is 9.55 Å². The minimum atomic E-state index is 0.464. The molecule has 5 heteroatoms. The second-order valence-electron chi connectivity index (χ2n) is 5.08. The van der Waals surface area contributed by atoms with E-state index in [-0.39, 0.29) is 0 Å². The molecule has 2 aromatic carbocycles. The predicted octanol–water partition coefficient (Wildman–Crippen LogP) is 5.28. The number of hydrogen-bond donors (Lipinski definition) is 0. The van der Waals surface area contributed by atoms with Crippen molar-refractivity contribution in [3.63, 3.8) is 0 Å². The Kier molecular flexibility index (Phi) is 5.54. The first-order valence-electron chi connectivity index (χ1n) is 7.31. The summed E-state index contributed by atoms with van der Waals surface area (Å²) in [7, 11) is 0. The molecule has 0 atom stereocenters. The molecule has 0 aliphatic heterocycles. The Bertz CT molecular complexity index is 759. The van der Waals surface area contributed by atoms with Gasteiger partial charge in [-0.2, -0.15) is 0 Å². The lowest BCUT2D eigenvalue weighted by molar-refractivity contribution is 0.0576. The van der Waals surface area contributed by atoms with Gasteiger partial charge in [-0.1, -0.05) is 60.3 Å². The SMILES string of the molecule is Cc1nc(Br)n(COCc2ccccc2)c1Sc1ccccc1. The Balaban J connectivity index is 1.71. The molecule has 0 amide bonds. The van der Waals surface area contributed by atoms with E-state index in [0.29, 0.717) is 13.3 Å². The van der Waals surface area contributed by atoms with Crippen molar-refractivity contribution >= 4 is 27.7 Å². The lowest BCUT2D eigenvalue weighted by atomic mass is 10.2.